The number of rotatable bonds is 10. The minimum atomic E-state index is -0.649. The third-order valence-electron chi connectivity index (χ3n) is 7.79. The zero-order chi connectivity index (χ0) is 32.7. The highest BCUT2D eigenvalue weighted by molar-refractivity contribution is 8.01. The number of nitrogens with zero attached hydrogens (tertiary/aromatic N) is 1. The van der Waals surface area contributed by atoms with Crippen LogP contribution < -0.4 is 15.4 Å². The number of fused-ring (bicyclic) bond motifs is 1. The first-order valence-electron chi connectivity index (χ1n) is 15.6. The van der Waals surface area contributed by atoms with Gasteiger partial charge in [0.05, 0.1) is 29.0 Å². The van der Waals surface area contributed by atoms with Gasteiger partial charge in [-0.05, 0) is 71.8 Å². The molecule has 6 aromatic rings. The molecule has 3 N–H and O–H groups in total. The number of thiazole rings is 1. The number of hydrogen-bond donors (Lipinski definition) is 3. The van der Waals surface area contributed by atoms with E-state index in [-0.39, 0.29) is 24.8 Å². The summed E-state index contributed by atoms with van der Waals surface area (Å²) in [4.78, 5) is 17.7. The minimum Gasteiger partial charge on any atom is -0.457 e. The zero-order valence-corrected chi connectivity index (χ0v) is 27.5. The maximum Gasteiger partial charge on any atom is 0.323 e. The van der Waals surface area contributed by atoms with Crippen molar-refractivity contribution in [3.8, 4) is 11.5 Å². The van der Waals surface area contributed by atoms with Crippen LogP contribution >= 0.6 is 23.1 Å². The molecule has 3 atom stereocenters. The maximum atomic E-state index is 12.9. The second kappa shape index (κ2) is 15.0. The molecule has 48 heavy (non-hydrogen) atoms. The molecule has 7 rings (SSSR count). The predicted molar refractivity (Wildman–Crippen MR) is 191 cm³/mol. The van der Waals surface area contributed by atoms with Crippen molar-refractivity contribution >= 4 is 50.7 Å². The molecule has 0 bridgehead atoms. The molecule has 1 fully saturated rings. The zero-order valence-electron chi connectivity index (χ0n) is 25.8. The van der Waals surface area contributed by atoms with Crippen molar-refractivity contribution in [2.24, 2.45) is 0 Å². The van der Waals surface area contributed by atoms with Crippen molar-refractivity contribution in [1.29, 1.82) is 0 Å². The van der Waals surface area contributed by atoms with Crippen molar-refractivity contribution in [1.82, 2.24) is 4.98 Å². The molecule has 0 aliphatic carbocycles. The number of ether oxygens (including phenoxy) is 3. The summed E-state index contributed by atoms with van der Waals surface area (Å²) in [7, 11) is 0. The van der Waals surface area contributed by atoms with Gasteiger partial charge in [-0.1, -0.05) is 78.5 Å². The molecule has 2 heterocycles. The third kappa shape index (κ3) is 8.04. The molecule has 1 saturated heterocycles. The number of thioether (sulfide) groups is 1. The van der Waals surface area contributed by atoms with Crippen LogP contribution in [0.15, 0.2) is 132 Å². The topological polar surface area (TPSA) is 102 Å². The van der Waals surface area contributed by atoms with Gasteiger partial charge in [-0.25, -0.2) is 9.78 Å². The summed E-state index contributed by atoms with van der Waals surface area (Å²) in [6.07, 6.45) is -0.310. The first kappa shape index (κ1) is 31.9. The smallest absolute Gasteiger partial charge is 0.323 e. The normalized spacial score (nSPS) is 17.6. The van der Waals surface area contributed by atoms with Gasteiger partial charge in [0.2, 0.25) is 0 Å². The molecule has 0 unspecified atom stereocenters. The molecular formula is C38H33N3O5S2. The Balaban J connectivity index is 1.02. The Morgan fingerprint density at radius 3 is 2.35 bits per heavy atom. The summed E-state index contributed by atoms with van der Waals surface area (Å²) >= 11 is 3.37. The number of anilines is 2. The Bertz CT molecular complexity index is 1940. The molecule has 242 valence electrons. The Morgan fingerprint density at radius 1 is 0.812 bits per heavy atom. The van der Waals surface area contributed by atoms with Crippen LogP contribution in [-0.2, 0) is 16.1 Å². The molecule has 2 amide bonds. The van der Waals surface area contributed by atoms with E-state index in [4.69, 9.17) is 19.2 Å². The van der Waals surface area contributed by atoms with Gasteiger partial charge >= 0.3 is 6.03 Å². The monoisotopic (exact) mass is 675 g/mol. The van der Waals surface area contributed by atoms with Crippen LogP contribution in [0.1, 0.15) is 35.5 Å². The predicted octanol–water partition coefficient (Wildman–Crippen LogP) is 9.56. The summed E-state index contributed by atoms with van der Waals surface area (Å²) in [6.45, 7) is -0.0136. The number of carbonyl (C=O) groups is 1. The number of benzene rings is 5. The number of amides is 2. The van der Waals surface area contributed by atoms with Gasteiger partial charge in [-0.15, -0.1) is 11.3 Å². The lowest BCUT2D eigenvalue weighted by molar-refractivity contribution is -0.245. The third-order valence-corrected chi connectivity index (χ3v) is 10.1. The van der Waals surface area contributed by atoms with Gasteiger partial charge in [0.1, 0.15) is 11.5 Å². The first-order chi connectivity index (χ1) is 23.6. The minimum absolute atomic E-state index is 0.0136. The fourth-order valence-electron chi connectivity index (χ4n) is 5.39. The van der Waals surface area contributed by atoms with Gasteiger partial charge in [-0.2, -0.15) is 0 Å². The molecular weight excluding hydrogens is 643 g/mol. The maximum absolute atomic E-state index is 12.9. The summed E-state index contributed by atoms with van der Waals surface area (Å²) in [5, 5.41) is 15.3. The average Bonchev–Trinajstić information content (AvgIpc) is 3.55. The van der Waals surface area contributed by atoms with Crippen LogP contribution in [0.4, 0.5) is 16.2 Å². The van der Waals surface area contributed by atoms with E-state index < -0.39 is 6.29 Å². The highest BCUT2D eigenvalue weighted by Crippen LogP contribution is 2.40. The number of carbonyl (C=O) groups excluding carboxylic acids is 1. The lowest BCUT2D eigenvalue weighted by Crippen LogP contribution is -2.31. The fourth-order valence-corrected chi connectivity index (χ4v) is 7.50. The summed E-state index contributed by atoms with van der Waals surface area (Å²) in [6, 6.07) is 39.8. The van der Waals surface area contributed by atoms with Crippen molar-refractivity contribution in [2.75, 3.05) is 16.4 Å². The second-order valence-corrected chi connectivity index (χ2v) is 13.6. The number of aliphatic hydroxyl groups is 1. The Kier molecular flexibility index (Phi) is 9.97. The van der Waals surface area contributed by atoms with E-state index in [0.29, 0.717) is 29.3 Å². The van der Waals surface area contributed by atoms with E-state index in [1.807, 2.05) is 97.1 Å². The summed E-state index contributed by atoms with van der Waals surface area (Å²) in [5.41, 5.74) is 4.90. The Morgan fingerprint density at radius 2 is 1.56 bits per heavy atom. The van der Waals surface area contributed by atoms with Crippen LogP contribution in [0.25, 0.3) is 10.2 Å². The van der Waals surface area contributed by atoms with E-state index in [9.17, 15) is 9.90 Å². The highest BCUT2D eigenvalue weighted by Gasteiger charge is 2.32. The number of aliphatic hydroxyl groups excluding tert-OH is 1. The van der Waals surface area contributed by atoms with Crippen LogP contribution in [0.2, 0.25) is 0 Å². The van der Waals surface area contributed by atoms with Gasteiger partial charge in [0.15, 0.2) is 10.6 Å². The number of para-hydroxylation sites is 2. The summed E-state index contributed by atoms with van der Waals surface area (Å²) in [5.74, 6) is 2.12. The van der Waals surface area contributed by atoms with Crippen LogP contribution in [-0.4, -0.2) is 28.0 Å². The quantitative estimate of drug-likeness (QED) is 0.124. The van der Waals surface area contributed by atoms with Crippen molar-refractivity contribution in [3.63, 3.8) is 0 Å². The first-order valence-corrected chi connectivity index (χ1v) is 17.4. The lowest BCUT2D eigenvalue weighted by atomic mass is 10.0. The van der Waals surface area contributed by atoms with E-state index in [1.165, 1.54) is 0 Å². The van der Waals surface area contributed by atoms with Crippen molar-refractivity contribution < 1.29 is 24.1 Å². The van der Waals surface area contributed by atoms with E-state index in [1.54, 1.807) is 47.4 Å². The number of hydrogen-bond acceptors (Lipinski definition) is 8. The van der Waals surface area contributed by atoms with Crippen molar-refractivity contribution in [3.05, 3.63) is 144 Å². The second-order valence-electron chi connectivity index (χ2n) is 11.3. The molecule has 8 nitrogen and oxygen atoms in total. The van der Waals surface area contributed by atoms with E-state index in [2.05, 4.69) is 16.7 Å². The van der Waals surface area contributed by atoms with Gasteiger partial charge in [0, 0.05) is 29.1 Å². The van der Waals surface area contributed by atoms with Gasteiger partial charge < -0.3 is 30.0 Å². The number of urea groups is 1. The Labute approximate surface area is 286 Å². The number of aromatic nitrogens is 1. The lowest BCUT2D eigenvalue weighted by Gasteiger charge is -2.36. The molecule has 10 heteroatoms. The van der Waals surface area contributed by atoms with Gasteiger partial charge in [-0.3, -0.25) is 0 Å². The van der Waals surface area contributed by atoms with E-state index in [0.717, 1.165) is 37.0 Å². The van der Waals surface area contributed by atoms with E-state index >= 15 is 0 Å². The standard InChI is InChI=1S/C38H33N3O5S2/c42-23-25-13-15-26(16-14-25)34-22-32(24-47-38-41-33-11-4-5-12-35(33)48-38)45-36(46-34)27-7-6-8-29(21-27)40-37(43)39-28-17-19-31(20-18-28)44-30-9-2-1-3-10-30/h1-21,32,34,36,42H,22-24H2,(H2,39,40,43)/t32-,34+,36+/m1/s1. The van der Waals surface area contributed by atoms with Crippen LogP contribution in [0, 0.1) is 0 Å². The fraction of sp³-hybridized carbons (Fsp3) is 0.158. The summed E-state index contributed by atoms with van der Waals surface area (Å²) < 4.78 is 21.1. The van der Waals surface area contributed by atoms with Crippen LogP contribution in [0.3, 0.4) is 0 Å². The molecule has 5 aromatic carbocycles. The molecule has 1 aliphatic rings. The average molecular weight is 676 g/mol. The molecule has 0 saturated carbocycles. The molecule has 0 radical (unpaired) electrons. The molecule has 1 aliphatic heterocycles. The number of nitrogens with one attached hydrogen (secondary N) is 2. The Hall–Kier alpha value is -4.71. The molecule has 1 aromatic heterocycles. The van der Waals surface area contributed by atoms with Crippen LogP contribution in [0.5, 0.6) is 11.5 Å². The van der Waals surface area contributed by atoms with Gasteiger partial charge in [0.25, 0.3) is 0 Å². The molecule has 0 spiro atoms. The SMILES string of the molecule is O=C(Nc1ccc(Oc2ccccc2)cc1)Nc1cccc([C@H]2O[C@@H](CSc3nc4ccccc4s3)C[C@@H](c3ccc(CO)cc3)O2)c1. The largest absolute Gasteiger partial charge is 0.457 e. The van der Waals surface area contributed by atoms with Crippen molar-refractivity contribution in [2.45, 2.75) is 35.9 Å². The highest BCUT2D eigenvalue weighted by atomic mass is 32.2.